The van der Waals surface area contributed by atoms with E-state index in [1.165, 1.54) is 116 Å². The number of thiol groups is 2. The van der Waals surface area contributed by atoms with Crippen LogP contribution in [-0.4, -0.2) is 42.6 Å². The van der Waals surface area contributed by atoms with E-state index in [0.29, 0.717) is 11.5 Å². The van der Waals surface area contributed by atoms with E-state index in [1.807, 2.05) is 0 Å². The van der Waals surface area contributed by atoms with Crippen molar-refractivity contribution in [3.8, 4) is 0 Å². The average molecular weight is 808 g/mol. The van der Waals surface area contributed by atoms with E-state index in [0.717, 1.165) is 73.1 Å². The Hall–Kier alpha value is 0.439. The molecule has 0 bridgehead atoms. The van der Waals surface area contributed by atoms with Crippen LogP contribution in [0.25, 0.3) is 0 Å². The van der Waals surface area contributed by atoms with Gasteiger partial charge in [0.2, 0.25) is 0 Å². The quantitative estimate of drug-likeness (QED) is 0.0376. The van der Waals surface area contributed by atoms with Crippen LogP contribution in [0.2, 0.25) is 8.87 Å². The van der Waals surface area contributed by atoms with Gasteiger partial charge in [0.05, 0.1) is 0 Å². The Balaban J connectivity index is 5.67. The second-order valence-corrected chi connectivity index (χ2v) is 24.3. The topological polar surface area (TPSA) is 52.6 Å². The summed E-state index contributed by atoms with van der Waals surface area (Å²) in [5.41, 5.74) is 0. The Kier molecular flexibility index (Phi) is 35.2. The zero-order chi connectivity index (χ0) is 34.9. The van der Waals surface area contributed by atoms with E-state index in [9.17, 15) is 9.59 Å². The minimum atomic E-state index is -4.11. The molecule has 0 radical (unpaired) electrons. The normalized spacial score (nSPS) is 13.1. The van der Waals surface area contributed by atoms with Gasteiger partial charge in [-0.3, -0.25) is 0 Å². The fourth-order valence-corrected chi connectivity index (χ4v) is 16.7. The summed E-state index contributed by atoms with van der Waals surface area (Å²) in [6.45, 7) is 8.99. The number of carbonyl (C=O) groups is 2. The Labute approximate surface area is 310 Å². The van der Waals surface area contributed by atoms with Gasteiger partial charge < -0.3 is 0 Å². The number of hydrogen-bond donors (Lipinski definition) is 2. The van der Waals surface area contributed by atoms with Gasteiger partial charge >= 0.3 is 312 Å². The Bertz CT molecular complexity index is 650. The molecule has 0 N–H and O–H groups in total. The van der Waals surface area contributed by atoms with Gasteiger partial charge in [0, 0.05) is 0 Å². The van der Waals surface area contributed by atoms with E-state index in [4.69, 9.17) is 6.15 Å². The summed E-state index contributed by atoms with van der Waals surface area (Å²) < 4.78 is 14.9. The summed E-state index contributed by atoms with van der Waals surface area (Å²) in [6.07, 6.45) is 32.9. The molecular formula is C40H80O4S2Sn. The number of unbranched alkanes of at least 4 members (excludes halogenated alkanes) is 22. The minimum absolute atomic E-state index is 0.138. The van der Waals surface area contributed by atoms with Crippen molar-refractivity contribution in [2.24, 2.45) is 11.8 Å². The first kappa shape index (κ1) is 47.4. The first-order valence-electron chi connectivity index (χ1n) is 20.6. The van der Waals surface area contributed by atoms with Crippen LogP contribution in [0, 0.1) is 11.8 Å². The second-order valence-electron chi connectivity index (χ2n) is 14.4. The van der Waals surface area contributed by atoms with Crippen LogP contribution < -0.4 is 0 Å². The molecule has 0 heterocycles. The summed E-state index contributed by atoms with van der Waals surface area (Å²) in [6, 6.07) is 0. The van der Waals surface area contributed by atoms with Crippen LogP contribution in [0.15, 0.2) is 0 Å². The van der Waals surface area contributed by atoms with Crippen LogP contribution in [0.1, 0.15) is 207 Å². The molecule has 0 aromatic heterocycles. The summed E-state index contributed by atoms with van der Waals surface area (Å²) >= 11 is 5.10. The van der Waals surface area contributed by atoms with Crippen LogP contribution in [0.4, 0.5) is 0 Å². The molecule has 280 valence electrons. The van der Waals surface area contributed by atoms with Crippen molar-refractivity contribution >= 4 is 56.4 Å². The van der Waals surface area contributed by atoms with Gasteiger partial charge in [-0.15, -0.1) is 0 Å². The number of hydrogen-bond acceptors (Lipinski definition) is 6. The van der Waals surface area contributed by atoms with Crippen molar-refractivity contribution in [2.45, 2.75) is 216 Å². The first-order valence-corrected chi connectivity index (χ1v) is 28.2. The van der Waals surface area contributed by atoms with E-state index in [1.54, 1.807) is 0 Å². The van der Waals surface area contributed by atoms with Crippen LogP contribution >= 0.6 is 25.3 Å². The first-order chi connectivity index (χ1) is 22.9. The van der Waals surface area contributed by atoms with Crippen molar-refractivity contribution < 1.29 is 15.7 Å². The van der Waals surface area contributed by atoms with Crippen molar-refractivity contribution in [3.05, 3.63) is 0 Å². The van der Waals surface area contributed by atoms with E-state index >= 15 is 0 Å². The van der Waals surface area contributed by atoms with E-state index < -0.39 is 19.2 Å². The second kappa shape index (κ2) is 34.9. The van der Waals surface area contributed by atoms with Gasteiger partial charge in [0.25, 0.3) is 0 Å². The molecule has 7 heteroatoms. The summed E-state index contributed by atoms with van der Waals surface area (Å²) in [7, 11) is 0. The zero-order valence-corrected chi connectivity index (χ0v) is 36.5. The zero-order valence-electron chi connectivity index (χ0n) is 31.8. The van der Waals surface area contributed by atoms with Gasteiger partial charge in [-0.1, -0.05) is 0 Å². The fraction of sp³-hybridized carbons (Fsp3) is 0.950. The summed E-state index contributed by atoms with van der Waals surface area (Å²) in [5, 5.41) is 0. The third kappa shape index (κ3) is 26.9. The van der Waals surface area contributed by atoms with Crippen LogP contribution in [-0.2, 0) is 15.7 Å². The molecule has 0 spiro atoms. The molecule has 0 fully saturated rings. The molecule has 0 aromatic carbocycles. The third-order valence-corrected chi connectivity index (χ3v) is 20.3. The van der Waals surface area contributed by atoms with Gasteiger partial charge in [0.1, 0.15) is 0 Å². The maximum atomic E-state index is 13.9. The van der Waals surface area contributed by atoms with Crippen molar-refractivity contribution in [1.29, 1.82) is 0 Å². The molecule has 0 aliphatic rings. The molecule has 0 saturated carbocycles. The van der Waals surface area contributed by atoms with Gasteiger partial charge in [-0.25, -0.2) is 0 Å². The molecule has 0 rings (SSSR count). The average Bonchev–Trinajstić information content (AvgIpc) is 3.06. The van der Waals surface area contributed by atoms with Gasteiger partial charge in [-0.05, 0) is 0 Å². The summed E-state index contributed by atoms with van der Waals surface area (Å²) in [5.74, 6) is 0.284. The third-order valence-electron chi connectivity index (χ3n) is 9.82. The van der Waals surface area contributed by atoms with Gasteiger partial charge in [-0.2, -0.15) is 0 Å². The molecule has 0 aliphatic carbocycles. The molecule has 0 saturated heterocycles. The van der Waals surface area contributed by atoms with E-state index in [2.05, 4.69) is 53.0 Å². The van der Waals surface area contributed by atoms with Crippen LogP contribution in [0.5, 0.6) is 0 Å². The Morgan fingerprint density at radius 1 is 0.426 bits per heavy atom. The maximum absolute atomic E-state index is 13.9. The Morgan fingerprint density at radius 2 is 0.681 bits per heavy atom. The standard InChI is InChI=1S/2C12H24O2S.2C8H17.Sn/c2*1-2-3-4-5-6-7-8-9-11(10-15)12(13)14;2*1-3-5-7-8-6-4-2;/h2*11,15H,2-10H2,1H3,(H,13,14);2*1,3-8H2,2H3;/q;;;;+2/p-2. The summed E-state index contributed by atoms with van der Waals surface area (Å²) in [4.78, 5) is 27.7. The molecule has 0 amide bonds. The van der Waals surface area contributed by atoms with Gasteiger partial charge in [0.15, 0.2) is 0 Å². The molecule has 0 aliphatic heterocycles. The molecular weight excluding hydrogens is 727 g/mol. The Morgan fingerprint density at radius 3 is 0.957 bits per heavy atom. The molecule has 0 aromatic rings. The van der Waals surface area contributed by atoms with Crippen LogP contribution in [0.3, 0.4) is 0 Å². The number of rotatable bonds is 36. The van der Waals surface area contributed by atoms with Crippen molar-refractivity contribution in [3.63, 3.8) is 0 Å². The van der Waals surface area contributed by atoms with E-state index in [-0.39, 0.29) is 23.8 Å². The van der Waals surface area contributed by atoms with Crippen molar-refractivity contribution in [1.82, 2.24) is 0 Å². The molecule has 2 atom stereocenters. The predicted molar refractivity (Wildman–Crippen MR) is 214 cm³/mol. The fourth-order valence-electron chi connectivity index (χ4n) is 6.50. The SMILES string of the molecule is CCCCCCCCCC(CS)C(=O)[O][Sn]([CH2]CCCCCCC)([CH2]CCCCCCC)[O]C(=O)C(CS)CCCCCCCCC. The molecule has 47 heavy (non-hydrogen) atoms. The number of carbonyl (C=O) groups excluding carboxylic acids is 2. The predicted octanol–water partition coefficient (Wildman–Crippen LogP) is 13.6. The molecule has 4 nitrogen and oxygen atoms in total. The monoisotopic (exact) mass is 808 g/mol. The van der Waals surface area contributed by atoms with Crippen molar-refractivity contribution in [2.75, 3.05) is 11.5 Å². The molecule has 2 unspecified atom stereocenters.